The van der Waals surface area contributed by atoms with Gasteiger partial charge >= 0.3 is 0 Å². The van der Waals surface area contributed by atoms with E-state index in [-0.39, 0.29) is 11.2 Å². The van der Waals surface area contributed by atoms with Gasteiger partial charge in [0.1, 0.15) is 5.51 Å². The molecule has 2 heterocycles. The number of carbonyl (C=O) groups is 1. The third-order valence-corrected chi connectivity index (χ3v) is 5.27. The van der Waals surface area contributed by atoms with Crippen molar-refractivity contribution in [2.45, 2.75) is 16.0 Å². The van der Waals surface area contributed by atoms with Crippen LogP contribution in [0.25, 0.3) is 0 Å². The molecule has 7 heteroatoms. The van der Waals surface area contributed by atoms with Crippen LogP contribution in [0.1, 0.15) is 6.42 Å². The highest BCUT2D eigenvalue weighted by molar-refractivity contribution is 8.02. The summed E-state index contributed by atoms with van der Waals surface area (Å²) in [6.45, 7) is 0.693. The third-order valence-electron chi connectivity index (χ3n) is 2.88. The zero-order valence-electron chi connectivity index (χ0n) is 9.82. The Morgan fingerprint density at radius 1 is 1.42 bits per heavy atom. The first kappa shape index (κ1) is 12.9. The van der Waals surface area contributed by atoms with Crippen LogP contribution in [0.5, 0.6) is 0 Å². The first-order valence-corrected chi connectivity index (χ1v) is 7.88. The summed E-state index contributed by atoms with van der Waals surface area (Å²) in [7, 11) is 0. The maximum atomic E-state index is 12.4. The van der Waals surface area contributed by atoms with E-state index in [4.69, 9.17) is 11.6 Å². The summed E-state index contributed by atoms with van der Waals surface area (Å²) in [6, 6.07) is 7.42. The Balaban J connectivity index is 1.77. The van der Waals surface area contributed by atoms with E-state index in [0.29, 0.717) is 11.6 Å². The van der Waals surface area contributed by atoms with Gasteiger partial charge in [0.05, 0.1) is 16.0 Å². The largest absolute Gasteiger partial charge is 0.310 e. The second kappa shape index (κ2) is 5.48. The standard InChI is InChI=1S/C12H10ClN3OS2/c13-8-3-1-2-4-9(8)16-6-5-10(11(16)17)19-12-15-14-7-18-12/h1-4,7,10H,5-6H2. The number of aromatic nitrogens is 2. The second-order valence-electron chi connectivity index (χ2n) is 4.04. The molecule has 1 aromatic heterocycles. The zero-order chi connectivity index (χ0) is 13.2. The topological polar surface area (TPSA) is 46.1 Å². The third kappa shape index (κ3) is 2.61. The SMILES string of the molecule is O=C1C(Sc2nncs2)CCN1c1ccccc1Cl. The average Bonchev–Trinajstić information content (AvgIpc) is 3.03. The maximum absolute atomic E-state index is 12.4. The minimum absolute atomic E-state index is 0.0910. The number of hydrogen-bond donors (Lipinski definition) is 0. The highest BCUT2D eigenvalue weighted by Gasteiger charge is 2.34. The lowest BCUT2D eigenvalue weighted by Crippen LogP contribution is -2.28. The van der Waals surface area contributed by atoms with E-state index < -0.39 is 0 Å². The molecule has 1 atom stereocenters. The van der Waals surface area contributed by atoms with Crippen molar-refractivity contribution in [1.82, 2.24) is 10.2 Å². The van der Waals surface area contributed by atoms with E-state index in [0.717, 1.165) is 16.4 Å². The van der Waals surface area contributed by atoms with Crippen LogP contribution < -0.4 is 4.90 Å². The highest BCUT2D eigenvalue weighted by atomic mass is 35.5. The van der Waals surface area contributed by atoms with Crippen molar-refractivity contribution < 1.29 is 4.79 Å². The number of amides is 1. The molecule has 1 aromatic carbocycles. The molecule has 1 aliphatic rings. The van der Waals surface area contributed by atoms with Crippen molar-refractivity contribution >= 4 is 46.3 Å². The first-order chi connectivity index (χ1) is 9.25. The zero-order valence-corrected chi connectivity index (χ0v) is 12.2. The summed E-state index contributed by atoms with van der Waals surface area (Å²) in [5, 5.41) is 8.26. The lowest BCUT2D eigenvalue weighted by Gasteiger charge is -2.17. The van der Waals surface area contributed by atoms with Gasteiger partial charge in [-0.05, 0) is 18.6 Å². The number of carbonyl (C=O) groups excluding carboxylic acids is 1. The molecule has 1 saturated heterocycles. The van der Waals surface area contributed by atoms with Gasteiger partial charge in [0.15, 0.2) is 4.34 Å². The van der Waals surface area contributed by atoms with Crippen LogP contribution in [0.4, 0.5) is 5.69 Å². The molecule has 4 nitrogen and oxygen atoms in total. The van der Waals surface area contributed by atoms with Crippen LogP contribution in [-0.2, 0) is 4.79 Å². The fourth-order valence-electron chi connectivity index (χ4n) is 2.01. The van der Waals surface area contributed by atoms with Gasteiger partial charge in [-0.3, -0.25) is 4.79 Å². The summed E-state index contributed by atoms with van der Waals surface area (Å²) in [6.07, 6.45) is 0.800. The van der Waals surface area contributed by atoms with Crippen molar-refractivity contribution in [2.24, 2.45) is 0 Å². The summed E-state index contributed by atoms with van der Waals surface area (Å²) in [5.41, 5.74) is 2.46. The van der Waals surface area contributed by atoms with Crippen LogP contribution in [-0.4, -0.2) is 27.9 Å². The van der Waals surface area contributed by atoms with Gasteiger partial charge in [0, 0.05) is 6.54 Å². The van der Waals surface area contributed by atoms with Gasteiger partial charge < -0.3 is 4.90 Å². The summed E-state index contributed by atoms with van der Waals surface area (Å²) < 4.78 is 0.833. The lowest BCUT2D eigenvalue weighted by atomic mass is 10.3. The molecule has 0 aliphatic carbocycles. The first-order valence-electron chi connectivity index (χ1n) is 5.74. The lowest BCUT2D eigenvalue weighted by molar-refractivity contribution is -0.116. The number of halogens is 1. The molecule has 0 bridgehead atoms. The van der Waals surface area contributed by atoms with Crippen molar-refractivity contribution in [2.75, 3.05) is 11.4 Å². The van der Waals surface area contributed by atoms with E-state index in [9.17, 15) is 4.79 Å². The van der Waals surface area contributed by atoms with Gasteiger partial charge in [-0.15, -0.1) is 10.2 Å². The summed E-state index contributed by atoms with van der Waals surface area (Å²) in [5.74, 6) is 0.0910. The van der Waals surface area contributed by atoms with E-state index in [1.165, 1.54) is 23.1 Å². The number of hydrogen-bond acceptors (Lipinski definition) is 5. The van der Waals surface area contributed by atoms with E-state index >= 15 is 0 Å². The van der Waals surface area contributed by atoms with E-state index in [2.05, 4.69) is 10.2 Å². The molecule has 1 unspecified atom stereocenters. The number of rotatable bonds is 3. The van der Waals surface area contributed by atoms with Gasteiger partial charge in [-0.1, -0.05) is 46.8 Å². The summed E-state index contributed by atoms with van der Waals surface area (Å²) in [4.78, 5) is 14.1. The number of benzene rings is 1. The minimum atomic E-state index is -0.0933. The quantitative estimate of drug-likeness (QED) is 0.874. The number of anilines is 1. The fraction of sp³-hybridized carbons (Fsp3) is 0.250. The smallest absolute Gasteiger partial charge is 0.240 e. The van der Waals surface area contributed by atoms with Crippen molar-refractivity contribution in [1.29, 1.82) is 0 Å². The average molecular weight is 312 g/mol. The Kier molecular flexibility index (Phi) is 3.72. The molecule has 1 aliphatic heterocycles. The highest BCUT2D eigenvalue weighted by Crippen LogP contribution is 2.35. The number of thioether (sulfide) groups is 1. The molecule has 98 valence electrons. The van der Waals surface area contributed by atoms with Gasteiger partial charge in [0.2, 0.25) is 5.91 Å². The molecule has 0 saturated carbocycles. The van der Waals surface area contributed by atoms with Crippen LogP contribution >= 0.6 is 34.7 Å². The minimum Gasteiger partial charge on any atom is -0.310 e. The molecule has 0 radical (unpaired) electrons. The summed E-state index contributed by atoms with van der Waals surface area (Å²) >= 11 is 9.08. The molecule has 1 fully saturated rings. The molecule has 1 amide bonds. The second-order valence-corrected chi connectivity index (χ2v) is 6.73. The molecule has 19 heavy (non-hydrogen) atoms. The van der Waals surface area contributed by atoms with Crippen LogP contribution in [0.3, 0.4) is 0 Å². The molecular weight excluding hydrogens is 302 g/mol. The molecule has 3 rings (SSSR count). The van der Waals surface area contributed by atoms with E-state index in [1.54, 1.807) is 16.5 Å². The Morgan fingerprint density at radius 3 is 3.00 bits per heavy atom. The van der Waals surface area contributed by atoms with Gasteiger partial charge in [-0.25, -0.2) is 0 Å². The molecule has 2 aromatic rings. The van der Waals surface area contributed by atoms with Crippen molar-refractivity contribution in [3.05, 3.63) is 34.8 Å². The van der Waals surface area contributed by atoms with Crippen LogP contribution in [0, 0.1) is 0 Å². The Labute approximate surface area is 123 Å². The fourth-order valence-corrected chi connectivity index (χ4v) is 4.01. The molecule has 0 spiro atoms. The Bertz CT molecular complexity index is 590. The number of nitrogens with zero attached hydrogens (tertiary/aromatic N) is 3. The maximum Gasteiger partial charge on any atom is 0.240 e. The number of para-hydroxylation sites is 1. The van der Waals surface area contributed by atoms with Crippen molar-refractivity contribution in [3.8, 4) is 0 Å². The van der Waals surface area contributed by atoms with Crippen molar-refractivity contribution in [3.63, 3.8) is 0 Å². The Morgan fingerprint density at radius 2 is 2.26 bits per heavy atom. The predicted molar refractivity (Wildman–Crippen MR) is 78.0 cm³/mol. The Hall–Kier alpha value is -1.11. The normalized spacial score (nSPS) is 19.1. The van der Waals surface area contributed by atoms with Gasteiger partial charge in [0.25, 0.3) is 0 Å². The van der Waals surface area contributed by atoms with E-state index in [1.807, 2.05) is 18.2 Å². The monoisotopic (exact) mass is 311 g/mol. The van der Waals surface area contributed by atoms with Gasteiger partial charge in [-0.2, -0.15) is 0 Å². The van der Waals surface area contributed by atoms with Crippen LogP contribution in [0.2, 0.25) is 5.02 Å². The molecular formula is C12H10ClN3OS2. The molecule has 0 N–H and O–H groups in total. The predicted octanol–water partition coefficient (Wildman–Crippen LogP) is 3.09. The van der Waals surface area contributed by atoms with Crippen LogP contribution in [0.15, 0.2) is 34.1 Å².